The highest BCUT2D eigenvalue weighted by Crippen LogP contribution is 2.43. The monoisotopic (exact) mass is 420 g/mol. The number of methoxy groups -OCH3 is 1. The molecule has 2 N–H and O–H groups in total. The molecule has 0 saturated carbocycles. The molecular weight excluding hydrogens is 401 g/mol. The number of alkyl halides is 3. The Hall–Kier alpha value is -3.43. The first-order valence-corrected chi connectivity index (χ1v) is 9.22. The van der Waals surface area contributed by atoms with Crippen molar-refractivity contribution >= 4 is 11.7 Å². The zero-order chi connectivity index (χ0) is 21.3. The van der Waals surface area contributed by atoms with Gasteiger partial charge in [0.2, 0.25) is 0 Å². The van der Waals surface area contributed by atoms with E-state index in [1.165, 1.54) is 19.4 Å². The van der Waals surface area contributed by atoms with Gasteiger partial charge >= 0.3 is 6.18 Å². The first-order valence-electron chi connectivity index (χ1n) is 9.22. The Bertz CT molecular complexity index is 1030. The van der Waals surface area contributed by atoms with Crippen molar-refractivity contribution in [3.63, 3.8) is 0 Å². The highest BCUT2D eigenvalue weighted by atomic mass is 19.4. The van der Waals surface area contributed by atoms with Gasteiger partial charge in [-0.3, -0.25) is 4.79 Å². The van der Waals surface area contributed by atoms with Gasteiger partial charge in [-0.2, -0.15) is 18.3 Å². The van der Waals surface area contributed by atoms with Gasteiger partial charge in [-0.25, -0.2) is 4.68 Å². The third-order valence-corrected chi connectivity index (χ3v) is 4.92. The Balaban J connectivity index is 1.60. The topological polar surface area (TPSA) is 81.3 Å². The number of furan rings is 1. The van der Waals surface area contributed by atoms with Gasteiger partial charge in [0.15, 0.2) is 11.7 Å². The molecule has 0 saturated heterocycles. The predicted octanol–water partition coefficient (Wildman–Crippen LogP) is 4.08. The molecular formula is C20H19F3N4O3. The minimum Gasteiger partial charge on any atom is -0.497 e. The highest BCUT2D eigenvalue weighted by molar-refractivity contribution is 5.93. The summed E-state index contributed by atoms with van der Waals surface area (Å²) in [6, 6.07) is 9.06. The molecule has 1 aliphatic heterocycles. The summed E-state index contributed by atoms with van der Waals surface area (Å²) in [5.74, 6) is 0.611. The van der Waals surface area contributed by atoms with Crippen LogP contribution in [0.5, 0.6) is 5.75 Å². The van der Waals surface area contributed by atoms with Crippen LogP contribution in [0.4, 0.5) is 19.0 Å². The van der Waals surface area contributed by atoms with Crippen molar-refractivity contribution in [3.8, 4) is 5.75 Å². The summed E-state index contributed by atoms with van der Waals surface area (Å²) in [4.78, 5) is 12.4. The fourth-order valence-electron chi connectivity index (χ4n) is 3.43. The molecule has 2 aromatic heterocycles. The molecule has 0 unspecified atom stereocenters. The summed E-state index contributed by atoms with van der Waals surface area (Å²) >= 11 is 0. The van der Waals surface area contributed by atoms with E-state index >= 15 is 0 Å². The number of nitrogens with one attached hydrogen (secondary N) is 2. The number of nitrogens with zero attached hydrogens (tertiary/aromatic N) is 2. The Morgan fingerprint density at radius 1 is 1.33 bits per heavy atom. The molecule has 30 heavy (non-hydrogen) atoms. The Morgan fingerprint density at radius 2 is 2.17 bits per heavy atom. The van der Waals surface area contributed by atoms with E-state index in [9.17, 15) is 18.0 Å². The predicted molar refractivity (Wildman–Crippen MR) is 101 cm³/mol. The molecule has 7 nitrogen and oxygen atoms in total. The van der Waals surface area contributed by atoms with Crippen LogP contribution < -0.4 is 15.4 Å². The molecule has 1 aliphatic rings. The van der Waals surface area contributed by atoms with Gasteiger partial charge in [-0.15, -0.1) is 0 Å². The van der Waals surface area contributed by atoms with Gasteiger partial charge in [0, 0.05) is 12.5 Å². The summed E-state index contributed by atoms with van der Waals surface area (Å²) < 4.78 is 52.5. The number of benzene rings is 1. The van der Waals surface area contributed by atoms with E-state index in [2.05, 4.69) is 15.7 Å². The van der Waals surface area contributed by atoms with Gasteiger partial charge in [-0.1, -0.05) is 12.1 Å². The molecule has 2 atom stereocenters. The molecule has 1 amide bonds. The molecule has 3 heterocycles. The zero-order valence-corrected chi connectivity index (χ0v) is 15.9. The second-order valence-corrected chi connectivity index (χ2v) is 6.89. The third kappa shape index (κ3) is 3.98. The number of anilines is 1. The van der Waals surface area contributed by atoms with Gasteiger partial charge < -0.3 is 19.8 Å². The third-order valence-electron chi connectivity index (χ3n) is 4.92. The lowest BCUT2D eigenvalue weighted by Crippen LogP contribution is -2.35. The van der Waals surface area contributed by atoms with Gasteiger partial charge in [0.05, 0.1) is 26.0 Å². The minimum absolute atomic E-state index is 0.107. The maximum Gasteiger partial charge on any atom is 0.410 e. The summed E-state index contributed by atoms with van der Waals surface area (Å²) in [6.07, 6.45) is -3.33. The van der Waals surface area contributed by atoms with Crippen molar-refractivity contribution < 1.29 is 27.1 Å². The number of ether oxygens (including phenoxy) is 1. The van der Waals surface area contributed by atoms with Crippen molar-refractivity contribution in [1.82, 2.24) is 15.1 Å². The zero-order valence-electron chi connectivity index (χ0n) is 15.9. The van der Waals surface area contributed by atoms with Crippen LogP contribution in [-0.2, 0) is 6.54 Å². The minimum atomic E-state index is -4.53. The number of hydrogen-bond acceptors (Lipinski definition) is 5. The van der Waals surface area contributed by atoms with E-state index in [0.29, 0.717) is 17.1 Å². The summed E-state index contributed by atoms with van der Waals surface area (Å²) in [5, 5.41) is 9.57. The van der Waals surface area contributed by atoms with E-state index in [1.807, 2.05) is 0 Å². The highest BCUT2D eigenvalue weighted by Gasteiger charge is 2.46. The van der Waals surface area contributed by atoms with Crippen molar-refractivity contribution in [2.45, 2.75) is 31.2 Å². The van der Waals surface area contributed by atoms with E-state index in [4.69, 9.17) is 9.15 Å². The maximum atomic E-state index is 13.8. The van der Waals surface area contributed by atoms with E-state index < -0.39 is 24.2 Å². The van der Waals surface area contributed by atoms with Gasteiger partial charge in [0.25, 0.3) is 5.91 Å². The van der Waals surface area contributed by atoms with Gasteiger partial charge in [0.1, 0.15) is 17.3 Å². The molecule has 0 bridgehead atoms. The van der Waals surface area contributed by atoms with Crippen LogP contribution in [0.25, 0.3) is 0 Å². The van der Waals surface area contributed by atoms with Crippen LogP contribution in [0.1, 0.15) is 40.3 Å². The molecule has 4 rings (SSSR count). The smallest absolute Gasteiger partial charge is 0.410 e. The number of carbonyl (C=O) groups is 1. The first-order chi connectivity index (χ1) is 14.3. The lowest BCUT2D eigenvalue weighted by Gasteiger charge is -2.33. The largest absolute Gasteiger partial charge is 0.497 e. The van der Waals surface area contributed by atoms with Crippen molar-refractivity contribution in [2.75, 3.05) is 12.4 Å². The van der Waals surface area contributed by atoms with Crippen molar-refractivity contribution in [3.05, 3.63) is 65.7 Å². The lowest BCUT2D eigenvalue weighted by molar-refractivity contribution is -0.173. The molecule has 0 fully saturated rings. The summed E-state index contributed by atoms with van der Waals surface area (Å²) in [7, 11) is 1.49. The molecule has 3 aromatic rings. The van der Waals surface area contributed by atoms with Crippen LogP contribution in [-0.4, -0.2) is 29.0 Å². The van der Waals surface area contributed by atoms with E-state index in [1.54, 1.807) is 36.4 Å². The fourth-order valence-corrected chi connectivity index (χ4v) is 3.43. The molecule has 0 spiro atoms. The number of halogens is 3. The number of carbonyl (C=O) groups excluding carboxylic acids is 1. The van der Waals surface area contributed by atoms with Gasteiger partial charge in [-0.05, 0) is 29.8 Å². The standard InChI is InChI=1S/C20H19F3N4O3/c1-29-13-5-2-4-12(8-13)15-9-17(20(21,22)23)27-18(25-15)10-16(26-27)19(28)24-11-14-6-3-7-30-14/h2-8,10,15,17,25H,9,11H2,1H3,(H,24,28)/t15-,17+/m0/s1. The first kappa shape index (κ1) is 19.9. The molecule has 158 valence electrons. The van der Waals surface area contributed by atoms with E-state index in [0.717, 1.165) is 4.68 Å². The average molecular weight is 420 g/mol. The number of amides is 1. The van der Waals surface area contributed by atoms with Crippen molar-refractivity contribution in [1.29, 1.82) is 0 Å². The Labute approximate surface area is 169 Å². The van der Waals surface area contributed by atoms with Crippen LogP contribution in [0.2, 0.25) is 0 Å². The number of rotatable bonds is 5. The molecule has 1 aromatic carbocycles. The second kappa shape index (κ2) is 7.77. The summed E-state index contributed by atoms with van der Waals surface area (Å²) in [6.45, 7) is 0.108. The second-order valence-electron chi connectivity index (χ2n) is 6.89. The number of hydrogen-bond donors (Lipinski definition) is 2. The molecule has 0 radical (unpaired) electrons. The maximum absolute atomic E-state index is 13.8. The van der Waals surface area contributed by atoms with Crippen LogP contribution in [0.3, 0.4) is 0 Å². The average Bonchev–Trinajstić information content (AvgIpc) is 3.40. The Kier molecular flexibility index (Phi) is 5.15. The summed E-state index contributed by atoms with van der Waals surface area (Å²) in [5.41, 5.74) is 0.546. The Morgan fingerprint density at radius 3 is 2.87 bits per heavy atom. The van der Waals surface area contributed by atoms with Crippen LogP contribution in [0, 0.1) is 0 Å². The van der Waals surface area contributed by atoms with Crippen LogP contribution >= 0.6 is 0 Å². The fraction of sp³-hybridized carbons (Fsp3) is 0.300. The van der Waals surface area contributed by atoms with Crippen LogP contribution in [0.15, 0.2) is 53.1 Å². The van der Waals surface area contributed by atoms with E-state index in [-0.39, 0.29) is 24.5 Å². The number of fused-ring (bicyclic) bond motifs is 1. The molecule has 10 heteroatoms. The molecule has 0 aliphatic carbocycles. The lowest BCUT2D eigenvalue weighted by atomic mass is 9.97. The quantitative estimate of drug-likeness (QED) is 0.650. The normalized spacial score (nSPS) is 18.4. The number of aromatic nitrogens is 2. The SMILES string of the molecule is COc1cccc([C@@H]2C[C@H](C(F)(F)F)n3nc(C(=O)NCc4ccco4)cc3N2)c1. The van der Waals surface area contributed by atoms with Crippen molar-refractivity contribution in [2.24, 2.45) is 0 Å².